The van der Waals surface area contributed by atoms with Gasteiger partial charge in [0.15, 0.2) is 4.67 Å². The van der Waals surface area contributed by atoms with E-state index in [0.717, 1.165) is 19.3 Å². The van der Waals surface area contributed by atoms with E-state index in [1.165, 1.54) is 12.5 Å². The minimum absolute atomic E-state index is 0.00174. The quantitative estimate of drug-likeness (QED) is 0.872. The van der Waals surface area contributed by atoms with Gasteiger partial charge in [-0.2, -0.15) is 0 Å². The highest BCUT2D eigenvalue weighted by Gasteiger charge is 2.29. The first-order chi connectivity index (χ1) is 8.94. The molecule has 0 spiro atoms. The highest BCUT2D eigenvalue weighted by molar-refractivity contribution is 9.10. The second-order valence-electron chi connectivity index (χ2n) is 5.04. The van der Waals surface area contributed by atoms with Crippen molar-refractivity contribution in [1.82, 2.24) is 4.72 Å². The fourth-order valence-electron chi connectivity index (χ4n) is 2.44. The summed E-state index contributed by atoms with van der Waals surface area (Å²) < 4.78 is 32.9. The minimum Gasteiger partial charge on any atom is -0.452 e. The number of hydrogen-bond acceptors (Lipinski definition) is 4. The SMILES string of the molecule is CC1CCCCC1NS(=O)(=O)c1cc(CN)oc1Br. The molecule has 1 aromatic heterocycles. The number of nitrogens with two attached hydrogens (primary N) is 1. The van der Waals surface area contributed by atoms with Crippen molar-refractivity contribution in [1.29, 1.82) is 0 Å². The van der Waals surface area contributed by atoms with Crippen LogP contribution in [0.5, 0.6) is 0 Å². The minimum atomic E-state index is -3.56. The van der Waals surface area contributed by atoms with Crippen LogP contribution >= 0.6 is 15.9 Å². The molecule has 1 heterocycles. The molecule has 1 aliphatic rings. The van der Waals surface area contributed by atoms with Gasteiger partial charge in [0.1, 0.15) is 10.7 Å². The fraction of sp³-hybridized carbons (Fsp3) is 0.667. The lowest BCUT2D eigenvalue weighted by Gasteiger charge is -2.29. The van der Waals surface area contributed by atoms with Crippen molar-refractivity contribution in [2.24, 2.45) is 11.7 Å². The van der Waals surface area contributed by atoms with Crippen LogP contribution in [0.25, 0.3) is 0 Å². The zero-order valence-corrected chi connectivity index (χ0v) is 13.3. The zero-order chi connectivity index (χ0) is 14.0. The highest BCUT2D eigenvalue weighted by atomic mass is 79.9. The average Bonchev–Trinajstić information content (AvgIpc) is 2.74. The Labute approximate surface area is 122 Å². The fourth-order valence-corrected chi connectivity index (χ4v) is 4.81. The van der Waals surface area contributed by atoms with E-state index < -0.39 is 10.0 Å². The molecule has 2 rings (SSSR count). The number of hydrogen-bond donors (Lipinski definition) is 2. The van der Waals surface area contributed by atoms with Crippen LogP contribution in [0.4, 0.5) is 0 Å². The molecule has 0 radical (unpaired) electrons. The van der Waals surface area contributed by atoms with Gasteiger partial charge in [0.05, 0.1) is 6.54 Å². The van der Waals surface area contributed by atoms with Crippen molar-refractivity contribution in [3.05, 3.63) is 16.5 Å². The van der Waals surface area contributed by atoms with Gasteiger partial charge in [-0.15, -0.1) is 0 Å². The van der Waals surface area contributed by atoms with Gasteiger partial charge in [0, 0.05) is 12.1 Å². The maximum Gasteiger partial charge on any atom is 0.245 e. The normalized spacial score (nSPS) is 24.6. The van der Waals surface area contributed by atoms with Crippen LogP contribution in [0.15, 0.2) is 20.0 Å². The number of rotatable bonds is 4. The summed E-state index contributed by atoms with van der Waals surface area (Å²) in [4.78, 5) is 0.130. The van der Waals surface area contributed by atoms with Gasteiger partial charge in [-0.25, -0.2) is 13.1 Å². The molecule has 0 aromatic carbocycles. The van der Waals surface area contributed by atoms with Crippen molar-refractivity contribution >= 4 is 26.0 Å². The third kappa shape index (κ3) is 3.39. The van der Waals surface area contributed by atoms with Crippen LogP contribution in [-0.2, 0) is 16.6 Å². The predicted octanol–water partition coefficient (Wildman–Crippen LogP) is 2.36. The van der Waals surface area contributed by atoms with Crippen LogP contribution < -0.4 is 10.5 Å². The van der Waals surface area contributed by atoms with Crippen molar-refractivity contribution in [2.45, 2.75) is 50.1 Å². The molecular weight excluding hydrogens is 332 g/mol. The summed E-state index contributed by atoms with van der Waals surface area (Å²) >= 11 is 3.13. The van der Waals surface area contributed by atoms with E-state index in [1.54, 1.807) is 0 Å². The van der Waals surface area contributed by atoms with Gasteiger partial charge >= 0.3 is 0 Å². The van der Waals surface area contributed by atoms with E-state index in [2.05, 4.69) is 27.6 Å². The maximum absolute atomic E-state index is 12.4. The zero-order valence-electron chi connectivity index (χ0n) is 10.9. The second kappa shape index (κ2) is 5.95. The number of nitrogens with one attached hydrogen (secondary N) is 1. The lowest BCUT2D eigenvalue weighted by Crippen LogP contribution is -2.40. The van der Waals surface area contributed by atoms with E-state index in [1.807, 2.05) is 0 Å². The third-order valence-corrected chi connectivity index (χ3v) is 5.96. The van der Waals surface area contributed by atoms with E-state index in [0.29, 0.717) is 11.7 Å². The van der Waals surface area contributed by atoms with Gasteiger partial charge in [0.2, 0.25) is 10.0 Å². The summed E-state index contributed by atoms with van der Waals surface area (Å²) in [6.45, 7) is 2.26. The molecule has 0 aliphatic heterocycles. The Kier molecular flexibility index (Phi) is 4.70. The van der Waals surface area contributed by atoms with Crippen molar-refractivity contribution < 1.29 is 12.8 Å². The van der Waals surface area contributed by atoms with E-state index >= 15 is 0 Å². The molecule has 1 aromatic rings. The standard InChI is InChI=1S/C12H19BrN2O3S/c1-8-4-2-3-5-10(8)15-19(16,17)11-6-9(7-14)18-12(11)13/h6,8,10,15H,2-5,7,14H2,1H3. The lowest BCUT2D eigenvalue weighted by atomic mass is 9.87. The van der Waals surface area contributed by atoms with Crippen molar-refractivity contribution in [3.63, 3.8) is 0 Å². The first-order valence-electron chi connectivity index (χ1n) is 6.44. The number of furan rings is 1. The molecule has 1 saturated carbocycles. The Bertz CT molecular complexity index is 541. The van der Waals surface area contributed by atoms with Crippen LogP contribution in [-0.4, -0.2) is 14.5 Å². The average molecular weight is 351 g/mol. The topological polar surface area (TPSA) is 85.3 Å². The molecule has 1 aliphatic carbocycles. The summed E-state index contributed by atoms with van der Waals surface area (Å²) in [5.41, 5.74) is 5.45. The molecular formula is C12H19BrN2O3S. The Morgan fingerprint density at radius 3 is 2.74 bits per heavy atom. The molecule has 2 unspecified atom stereocenters. The summed E-state index contributed by atoms with van der Waals surface area (Å²) in [6, 6.07) is 1.47. The maximum atomic E-state index is 12.4. The first-order valence-corrected chi connectivity index (χ1v) is 8.72. The largest absolute Gasteiger partial charge is 0.452 e. The van der Waals surface area contributed by atoms with Gasteiger partial charge in [-0.1, -0.05) is 19.8 Å². The van der Waals surface area contributed by atoms with E-state index in [4.69, 9.17) is 10.2 Å². The Balaban J connectivity index is 2.19. The summed E-state index contributed by atoms with van der Waals surface area (Å²) in [7, 11) is -3.56. The number of halogens is 1. The Morgan fingerprint density at radius 2 is 2.16 bits per heavy atom. The Morgan fingerprint density at radius 1 is 1.47 bits per heavy atom. The molecule has 3 N–H and O–H groups in total. The molecule has 0 bridgehead atoms. The smallest absolute Gasteiger partial charge is 0.245 e. The number of sulfonamides is 1. The van der Waals surface area contributed by atoms with Crippen LogP contribution in [0.3, 0.4) is 0 Å². The molecule has 7 heteroatoms. The van der Waals surface area contributed by atoms with Crippen molar-refractivity contribution in [3.8, 4) is 0 Å². The second-order valence-corrected chi connectivity index (χ2v) is 7.45. The molecule has 2 atom stereocenters. The summed E-state index contributed by atoms with van der Waals surface area (Å²) in [5.74, 6) is 0.812. The van der Waals surface area contributed by atoms with Gasteiger partial charge < -0.3 is 10.2 Å². The van der Waals surface area contributed by atoms with Gasteiger partial charge in [-0.05, 0) is 34.7 Å². The molecule has 1 fully saturated rings. The van der Waals surface area contributed by atoms with Crippen LogP contribution in [0, 0.1) is 5.92 Å². The first kappa shape index (κ1) is 15.0. The summed E-state index contributed by atoms with van der Waals surface area (Å²) in [5, 5.41) is 0. The van der Waals surface area contributed by atoms with Gasteiger partial charge in [-0.3, -0.25) is 0 Å². The molecule has 19 heavy (non-hydrogen) atoms. The third-order valence-electron chi connectivity index (χ3n) is 3.62. The predicted molar refractivity (Wildman–Crippen MR) is 76.0 cm³/mol. The summed E-state index contributed by atoms with van der Waals surface area (Å²) in [6.07, 6.45) is 4.19. The Hall–Kier alpha value is -0.370. The molecule has 5 nitrogen and oxygen atoms in total. The van der Waals surface area contributed by atoms with Crippen LogP contribution in [0.1, 0.15) is 38.4 Å². The molecule has 0 saturated heterocycles. The van der Waals surface area contributed by atoms with E-state index in [-0.39, 0.29) is 22.2 Å². The van der Waals surface area contributed by atoms with Crippen LogP contribution in [0.2, 0.25) is 0 Å². The lowest BCUT2D eigenvalue weighted by molar-refractivity contribution is 0.310. The highest BCUT2D eigenvalue weighted by Crippen LogP contribution is 2.29. The van der Waals surface area contributed by atoms with Gasteiger partial charge in [0.25, 0.3) is 0 Å². The van der Waals surface area contributed by atoms with Crippen molar-refractivity contribution in [2.75, 3.05) is 0 Å². The monoisotopic (exact) mass is 350 g/mol. The van der Waals surface area contributed by atoms with E-state index in [9.17, 15) is 8.42 Å². The molecule has 0 amide bonds. The molecule has 108 valence electrons.